The minimum atomic E-state index is -0.473. The summed E-state index contributed by atoms with van der Waals surface area (Å²) in [5.41, 5.74) is 1.30. The standard InChI is InChI=1S/C25H24O8/c1-16(26)32-22-11-7-18(13-24(22)30-3)5-9-20(28)15-21(29)10-6-19-8-12-23(33-17(2)27)25(14-19)31-4/h5-15,28H,1-4H3/b9-5+,10-6+,20-15+. The van der Waals surface area contributed by atoms with E-state index in [0.717, 1.165) is 6.08 Å². The van der Waals surface area contributed by atoms with Gasteiger partial charge in [0, 0.05) is 19.9 Å². The number of methoxy groups -OCH3 is 2. The molecule has 0 fully saturated rings. The molecular formula is C25H24O8. The van der Waals surface area contributed by atoms with E-state index in [1.165, 1.54) is 46.3 Å². The third-order valence-corrected chi connectivity index (χ3v) is 4.06. The number of aliphatic hydroxyl groups is 1. The lowest BCUT2D eigenvalue weighted by Crippen LogP contribution is -2.03. The van der Waals surface area contributed by atoms with Crippen molar-refractivity contribution in [2.45, 2.75) is 13.8 Å². The number of carbonyl (C=O) groups excluding carboxylic acids is 3. The van der Waals surface area contributed by atoms with Crippen LogP contribution in [0.3, 0.4) is 0 Å². The van der Waals surface area contributed by atoms with Crippen LogP contribution in [-0.4, -0.2) is 37.0 Å². The van der Waals surface area contributed by atoms with Gasteiger partial charge in [-0.2, -0.15) is 0 Å². The summed E-state index contributed by atoms with van der Waals surface area (Å²) in [5, 5.41) is 10.0. The van der Waals surface area contributed by atoms with Crippen LogP contribution < -0.4 is 18.9 Å². The molecule has 0 bridgehead atoms. The summed E-state index contributed by atoms with van der Waals surface area (Å²) in [4.78, 5) is 34.4. The van der Waals surface area contributed by atoms with Crippen LogP contribution in [0.25, 0.3) is 12.2 Å². The van der Waals surface area contributed by atoms with Gasteiger partial charge in [0.2, 0.25) is 0 Å². The molecule has 0 aliphatic rings. The van der Waals surface area contributed by atoms with Gasteiger partial charge in [-0.1, -0.05) is 24.3 Å². The summed E-state index contributed by atoms with van der Waals surface area (Å²) in [6.45, 7) is 2.57. The second-order valence-electron chi connectivity index (χ2n) is 6.65. The van der Waals surface area contributed by atoms with Crippen molar-refractivity contribution >= 4 is 29.9 Å². The van der Waals surface area contributed by atoms with Crippen LogP contribution in [0.4, 0.5) is 0 Å². The van der Waals surface area contributed by atoms with Gasteiger partial charge < -0.3 is 24.1 Å². The Kier molecular flexibility index (Phi) is 8.99. The molecule has 33 heavy (non-hydrogen) atoms. The lowest BCUT2D eigenvalue weighted by atomic mass is 10.1. The summed E-state index contributed by atoms with van der Waals surface area (Å²) < 4.78 is 20.5. The van der Waals surface area contributed by atoms with Gasteiger partial charge in [-0.25, -0.2) is 0 Å². The fourth-order valence-electron chi connectivity index (χ4n) is 2.66. The maximum atomic E-state index is 12.1. The first-order valence-electron chi connectivity index (χ1n) is 9.75. The molecular weight excluding hydrogens is 428 g/mol. The van der Waals surface area contributed by atoms with E-state index in [4.69, 9.17) is 18.9 Å². The second-order valence-corrected chi connectivity index (χ2v) is 6.65. The second kappa shape index (κ2) is 11.9. The highest BCUT2D eigenvalue weighted by atomic mass is 16.6. The van der Waals surface area contributed by atoms with Crippen molar-refractivity contribution in [3.8, 4) is 23.0 Å². The van der Waals surface area contributed by atoms with Crippen molar-refractivity contribution in [1.29, 1.82) is 0 Å². The SMILES string of the molecule is COc1cc(/C=C/C(=O)/C=C(O)\C=C\c2ccc(OC(C)=O)c(OC)c2)ccc1OC(C)=O. The quantitative estimate of drug-likeness (QED) is 0.197. The predicted octanol–water partition coefficient (Wildman–Crippen LogP) is 4.29. The summed E-state index contributed by atoms with van der Waals surface area (Å²) in [6, 6.07) is 9.67. The van der Waals surface area contributed by atoms with E-state index in [0.29, 0.717) is 22.6 Å². The number of aliphatic hydroxyl groups excluding tert-OH is 1. The number of rotatable bonds is 9. The average molecular weight is 452 g/mol. The fourth-order valence-corrected chi connectivity index (χ4v) is 2.66. The molecule has 172 valence electrons. The van der Waals surface area contributed by atoms with Crippen molar-refractivity contribution in [2.24, 2.45) is 0 Å². The Morgan fingerprint density at radius 1 is 0.727 bits per heavy atom. The number of ether oxygens (including phenoxy) is 4. The Morgan fingerprint density at radius 3 is 1.61 bits per heavy atom. The van der Waals surface area contributed by atoms with Crippen molar-refractivity contribution in [3.05, 3.63) is 71.5 Å². The molecule has 0 heterocycles. The molecule has 2 aromatic carbocycles. The first kappa shape index (κ1) is 24.9. The van der Waals surface area contributed by atoms with Crippen LogP contribution >= 0.6 is 0 Å². The molecule has 0 atom stereocenters. The van der Waals surface area contributed by atoms with Crippen LogP contribution in [0.5, 0.6) is 23.0 Å². The minimum absolute atomic E-state index is 0.254. The first-order valence-corrected chi connectivity index (χ1v) is 9.75. The first-order chi connectivity index (χ1) is 15.7. The molecule has 0 aromatic heterocycles. The van der Waals surface area contributed by atoms with E-state index < -0.39 is 17.7 Å². The van der Waals surface area contributed by atoms with E-state index in [1.54, 1.807) is 42.5 Å². The molecule has 0 unspecified atom stereocenters. The molecule has 0 aliphatic carbocycles. The molecule has 1 N–H and O–H groups in total. The average Bonchev–Trinajstić information content (AvgIpc) is 2.76. The Balaban J connectivity index is 2.08. The maximum Gasteiger partial charge on any atom is 0.308 e. The zero-order valence-corrected chi connectivity index (χ0v) is 18.7. The molecule has 0 spiro atoms. The highest BCUT2D eigenvalue weighted by Gasteiger charge is 2.08. The molecule has 0 radical (unpaired) electrons. The molecule has 2 aromatic rings. The summed E-state index contributed by atoms with van der Waals surface area (Å²) >= 11 is 0. The molecule has 0 saturated heterocycles. The van der Waals surface area contributed by atoms with Gasteiger partial charge in [-0.3, -0.25) is 14.4 Å². The lowest BCUT2D eigenvalue weighted by molar-refractivity contribution is -0.132. The van der Waals surface area contributed by atoms with Crippen LogP contribution in [0.15, 0.2) is 60.4 Å². The van der Waals surface area contributed by atoms with Gasteiger partial charge in [0.05, 0.1) is 14.2 Å². The number of allylic oxidation sites excluding steroid dienone is 3. The Bertz CT molecular complexity index is 1130. The van der Waals surface area contributed by atoms with E-state index in [-0.39, 0.29) is 17.3 Å². The van der Waals surface area contributed by atoms with Crippen molar-refractivity contribution in [2.75, 3.05) is 14.2 Å². The van der Waals surface area contributed by atoms with Crippen LogP contribution in [0.2, 0.25) is 0 Å². The van der Waals surface area contributed by atoms with Crippen LogP contribution in [0, 0.1) is 0 Å². The van der Waals surface area contributed by atoms with Crippen LogP contribution in [-0.2, 0) is 14.4 Å². The van der Waals surface area contributed by atoms with Gasteiger partial charge in [-0.05, 0) is 47.5 Å². The highest BCUT2D eigenvalue weighted by molar-refractivity contribution is 6.02. The monoisotopic (exact) mass is 452 g/mol. The van der Waals surface area contributed by atoms with Crippen molar-refractivity contribution < 1.29 is 38.4 Å². The molecule has 0 amide bonds. The number of benzene rings is 2. The third kappa shape index (κ3) is 8.02. The van der Waals surface area contributed by atoms with Gasteiger partial charge in [0.1, 0.15) is 5.76 Å². The van der Waals surface area contributed by atoms with E-state index in [9.17, 15) is 19.5 Å². The molecule has 0 saturated carbocycles. The van der Waals surface area contributed by atoms with Gasteiger partial charge in [-0.15, -0.1) is 0 Å². The minimum Gasteiger partial charge on any atom is -0.508 e. The number of hydrogen-bond donors (Lipinski definition) is 1. The van der Waals surface area contributed by atoms with Gasteiger partial charge in [0.15, 0.2) is 28.8 Å². The number of ketones is 1. The molecule has 0 aliphatic heterocycles. The smallest absolute Gasteiger partial charge is 0.308 e. The Labute approximate surface area is 191 Å². The maximum absolute atomic E-state index is 12.1. The lowest BCUT2D eigenvalue weighted by Gasteiger charge is -2.08. The van der Waals surface area contributed by atoms with Gasteiger partial charge >= 0.3 is 11.9 Å². The summed E-state index contributed by atoms with van der Waals surface area (Å²) in [6.07, 6.45) is 6.79. The number of esters is 2. The molecule has 8 nitrogen and oxygen atoms in total. The molecule has 2 rings (SSSR count). The highest BCUT2D eigenvalue weighted by Crippen LogP contribution is 2.29. The van der Waals surface area contributed by atoms with Crippen molar-refractivity contribution in [3.63, 3.8) is 0 Å². The summed E-state index contributed by atoms with van der Waals surface area (Å²) in [7, 11) is 2.88. The van der Waals surface area contributed by atoms with E-state index in [1.807, 2.05) is 0 Å². The van der Waals surface area contributed by atoms with E-state index in [2.05, 4.69) is 0 Å². The fraction of sp³-hybridized carbons (Fsp3) is 0.160. The number of carbonyl (C=O) groups is 3. The third-order valence-electron chi connectivity index (χ3n) is 4.06. The zero-order chi connectivity index (χ0) is 24.4. The largest absolute Gasteiger partial charge is 0.508 e. The summed E-state index contributed by atoms with van der Waals surface area (Å²) in [5.74, 6) is -0.394. The number of hydrogen-bond acceptors (Lipinski definition) is 8. The van der Waals surface area contributed by atoms with Crippen molar-refractivity contribution in [1.82, 2.24) is 0 Å². The normalized spacial score (nSPS) is 11.5. The van der Waals surface area contributed by atoms with Crippen LogP contribution in [0.1, 0.15) is 25.0 Å². The van der Waals surface area contributed by atoms with Gasteiger partial charge in [0.25, 0.3) is 0 Å². The molecule has 8 heteroatoms. The predicted molar refractivity (Wildman–Crippen MR) is 122 cm³/mol. The Morgan fingerprint density at radius 2 is 1.18 bits per heavy atom. The Hall–Kier alpha value is -4.33. The zero-order valence-electron chi connectivity index (χ0n) is 18.7. The van der Waals surface area contributed by atoms with E-state index >= 15 is 0 Å². The topological polar surface area (TPSA) is 108 Å².